The van der Waals surface area contributed by atoms with Gasteiger partial charge in [0, 0.05) is 6.07 Å². The van der Waals surface area contributed by atoms with Crippen LogP contribution in [-0.4, -0.2) is 22.6 Å². The number of carboxylic acid groups (broad SMARTS) is 1. The van der Waals surface area contributed by atoms with Gasteiger partial charge in [-0.05, 0) is 11.5 Å². The summed E-state index contributed by atoms with van der Waals surface area (Å²) in [7, 11) is 1.26. The third kappa shape index (κ3) is 1.74. The van der Waals surface area contributed by atoms with Gasteiger partial charge >= 0.3 is 11.9 Å². The topological polar surface area (TPSA) is 59.4 Å². The molecule has 0 radical (unpaired) electrons. The van der Waals surface area contributed by atoms with E-state index in [9.17, 15) is 13.6 Å². The number of alkyl halides is 2. The van der Waals surface area contributed by atoms with Crippen molar-refractivity contribution in [2.75, 3.05) is 7.11 Å². The molecule has 0 aliphatic rings. The van der Waals surface area contributed by atoms with E-state index in [0.717, 1.165) is 6.07 Å². The minimum Gasteiger partial charge on any atom is -0.480 e. The van der Waals surface area contributed by atoms with E-state index >= 15 is 0 Å². The van der Waals surface area contributed by atoms with Crippen LogP contribution < -0.4 is 4.74 Å². The zero-order chi connectivity index (χ0) is 10.1. The minimum atomic E-state index is -3.89. The number of nitrogens with zero attached hydrogens (tertiary/aromatic N) is 1. The number of hydrogen-bond acceptors (Lipinski definition) is 4. The number of carbonyl (C=O) groups is 1. The summed E-state index contributed by atoms with van der Waals surface area (Å²) in [5.41, 5.74) is 0. The van der Waals surface area contributed by atoms with Crippen LogP contribution in [0.2, 0.25) is 0 Å². The van der Waals surface area contributed by atoms with Gasteiger partial charge in [0.05, 0.1) is 7.11 Å². The third-order valence-electron chi connectivity index (χ3n) is 1.28. The highest BCUT2D eigenvalue weighted by Gasteiger charge is 2.43. The Morgan fingerprint density at radius 1 is 1.77 bits per heavy atom. The SMILES string of the molecule is COc1cc(C(F)(F)C(=O)O)sn1. The highest BCUT2D eigenvalue weighted by Crippen LogP contribution is 2.33. The molecular weight excluding hydrogens is 204 g/mol. The van der Waals surface area contributed by atoms with E-state index in [0.29, 0.717) is 11.5 Å². The number of carboxylic acids is 1. The Morgan fingerprint density at radius 3 is 2.77 bits per heavy atom. The summed E-state index contributed by atoms with van der Waals surface area (Å²) >= 11 is 0.404. The molecule has 0 saturated heterocycles. The molecule has 1 rings (SSSR count). The van der Waals surface area contributed by atoms with Gasteiger partial charge in [0.15, 0.2) is 0 Å². The molecule has 0 bridgehead atoms. The lowest BCUT2D eigenvalue weighted by Crippen LogP contribution is -2.23. The molecule has 0 spiro atoms. The van der Waals surface area contributed by atoms with Crippen molar-refractivity contribution < 1.29 is 23.4 Å². The van der Waals surface area contributed by atoms with Gasteiger partial charge in [-0.2, -0.15) is 13.2 Å². The molecule has 0 aliphatic carbocycles. The Labute approximate surface area is 75.9 Å². The molecule has 1 heterocycles. The molecule has 0 amide bonds. The molecular formula is C6H5F2NO3S. The van der Waals surface area contributed by atoms with Crippen LogP contribution in [0.1, 0.15) is 4.88 Å². The first-order valence-corrected chi connectivity index (χ1v) is 3.88. The predicted molar refractivity (Wildman–Crippen MR) is 40.2 cm³/mol. The van der Waals surface area contributed by atoms with Crippen LogP contribution in [-0.2, 0) is 10.7 Å². The van der Waals surface area contributed by atoms with Crippen molar-refractivity contribution in [3.05, 3.63) is 10.9 Å². The van der Waals surface area contributed by atoms with E-state index in [-0.39, 0.29) is 5.88 Å². The maximum Gasteiger partial charge on any atom is 0.380 e. The van der Waals surface area contributed by atoms with Crippen LogP contribution in [0, 0.1) is 0 Å². The maximum atomic E-state index is 12.7. The van der Waals surface area contributed by atoms with E-state index in [2.05, 4.69) is 9.11 Å². The average Bonchev–Trinajstić information content (AvgIpc) is 2.51. The number of rotatable bonds is 3. The number of hydrogen-bond donors (Lipinski definition) is 1. The molecule has 0 saturated carbocycles. The fraction of sp³-hybridized carbons (Fsp3) is 0.333. The van der Waals surface area contributed by atoms with Crippen molar-refractivity contribution in [3.63, 3.8) is 0 Å². The van der Waals surface area contributed by atoms with E-state index in [1.54, 1.807) is 0 Å². The van der Waals surface area contributed by atoms with E-state index in [1.165, 1.54) is 7.11 Å². The summed E-state index contributed by atoms with van der Waals surface area (Å²) < 4.78 is 33.5. The summed E-state index contributed by atoms with van der Waals surface area (Å²) in [6.07, 6.45) is 0. The van der Waals surface area contributed by atoms with E-state index < -0.39 is 16.8 Å². The van der Waals surface area contributed by atoms with E-state index in [1.807, 2.05) is 0 Å². The largest absolute Gasteiger partial charge is 0.480 e. The quantitative estimate of drug-likeness (QED) is 0.815. The number of ether oxygens (including phenoxy) is 1. The summed E-state index contributed by atoms with van der Waals surface area (Å²) in [5, 5.41) is 8.16. The number of aliphatic carboxylic acids is 1. The molecule has 72 valence electrons. The van der Waals surface area contributed by atoms with Crippen molar-refractivity contribution in [1.29, 1.82) is 0 Å². The summed E-state index contributed by atoms with van der Waals surface area (Å²) in [6.45, 7) is 0. The molecule has 1 aromatic heterocycles. The highest BCUT2D eigenvalue weighted by atomic mass is 32.1. The van der Waals surface area contributed by atoms with Crippen LogP contribution in [0.25, 0.3) is 0 Å². The molecule has 4 nitrogen and oxygen atoms in total. The lowest BCUT2D eigenvalue weighted by Gasteiger charge is -2.05. The lowest BCUT2D eigenvalue weighted by molar-refractivity contribution is -0.165. The summed E-state index contributed by atoms with van der Waals surface area (Å²) in [4.78, 5) is 9.47. The molecule has 1 N–H and O–H groups in total. The molecule has 1 aromatic rings. The first-order chi connectivity index (χ1) is 5.98. The molecule has 7 heteroatoms. The molecule has 0 aliphatic heterocycles. The maximum absolute atomic E-state index is 12.7. The Bertz CT molecular complexity index is 325. The van der Waals surface area contributed by atoms with Gasteiger partial charge in [-0.3, -0.25) is 0 Å². The van der Waals surface area contributed by atoms with Crippen molar-refractivity contribution in [2.45, 2.75) is 5.92 Å². The van der Waals surface area contributed by atoms with Crippen molar-refractivity contribution in [2.24, 2.45) is 0 Å². The van der Waals surface area contributed by atoms with Gasteiger partial charge in [0.2, 0.25) is 5.88 Å². The number of halogens is 2. The molecule has 0 fully saturated rings. The van der Waals surface area contributed by atoms with E-state index in [4.69, 9.17) is 5.11 Å². The lowest BCUT2D eigenvalue weighted by atomic mass is 10.3. The summed E-state index contributed by atoms with van der Waals surface area (Å²) in [5.74, 6) is -6.10. The normalized spacial score (nSPS) is 11.3. The van der Waals surface area contributed by atoms with Gasteiger partial charge in [-0.1, -0.05) is 0 Å². The van der Waals surface area contributed by atoms with Crippen LogP contribution in [0.4, 0.5) is 8.78 Å². The molecule has 0 unspecified atom stereocenters. The molecule has 0 atom stereocenters. The number of aromatic nitrogens is 1. The van der Waals surface area contributed by atoms with Crippen LogP contribution in [0.15, 0.2) is 6.07 Å². The smallest absolute Gasteiger partial charge is 0.380 e. The zero-order valence-corrected chi connectivity index (χ0v) is 7.27. The first-order valence-electron chi connectivity index (χ1n) is 3.11. The Kier molecular flexibility index (Phi) is 2.46. The number of methoxy groups -OCH3 is 1. The molecule has 0 aromatic carbocycles. The second kappa shape index (κ2) is 3.25. The second-order valence-corrected chi connectivity index (χ2v) is 2.92. The molecule has 13 heavy (non-hydrogen) atoms. The Balaban J connectivity index is 3.00. The van der Waals surface area contributed by atoms with Gasteiger partial charge in [0.1, 0.15) is 4.88 Å². The van der Waals surface area contributed by atoms with Crippen LogP contribution >= 0.6 is 11.5 Å². The van der Waals surface area contributed by atoms with Gasteiger partial charge < -0.3 is 9.84 Å². The van der Waals surface area contributed by atoms with Gasteiger partial charge in [-0.25, -0.2) is 4.79 Å². The Hall–Kier alpha value is -1.24. The third-order valence-corrected chi connectivity index (χ3v) is 2.12. The average molecular weight is 209 g/mol. The fourth-order valence-electron chi connectivity index (χ4n) is 0.609. The van der Waals surface area contributed by atoms with Crippen LogP contribution in [0.3, 0.4) is 0 Å². The monoisotopic (exact) mass is 209 g/mol. The van der Waals surface area contributed by atoms with Gasteiger partial charge in [0.25, 0.3) is 0 Å². The van der Waals surface area contributed by atoms with Gasteiger partial charge in [-0.15, -0.1) is 0 Å². The van der Waals surface area contributed by atoms with Crippen molar-refractivity contribution in [3.8, 4) is 5.88 Å². The second-order valence-electron chi connectivity index (χ2n) is 2.11. The highest BCUT2D eigenvalue weighted by molar-refractivity contribution is 7.06. The van der Waals surface area contributed by atoms with Crippen molar-refractivity contribution >= 4 is 17.5 Å². The Morgan fingerprint density at radius 2 is 2.38 bits per heavy atom. The predicted octanol–water partition coefficient (Wildman–Crippen LogP) is 1.33. The standard InChI is InChI=1S/C6H5F2NO3S/c1-12-4-2-3(13-9-4)6(7,8)5(10)11/h2H,1H3,(H,10,11). The summed E-state index contributed by atoms with van der Waals surface area (Å²) in [6, 6.07) is 0.902. The zero-order valence-electron chi connectivity index (χ0n) is 6.45. The minimum absolute atomic E-state index is 0.0130. The fourth-order valence-corrected chi connectivity index (χ4v) is 1.28. The van der Waals surface area contributed by atoms with Crippen molar-refractivity contribution in [1.82, 2.24) is 4.37 Å². The van der Waals surface area contributed by atoms with Crippen LogP contribution in [0.5, 0.6) is 5.88 Å². The first kappa shape index (κ1) is 9.85.